The van der Waals surface area contributed by atoms with Crippen molar-refractivity contribution in [1.82, 2.24) is 15.3 Å². The highest BCUT2D eigenvalue weighted by Gasteiger charge is 2.24. The Bertz CT molecular complexity index is 593. The molecular weight excluding hydrogens is 252 g/mol. The molecular formula is C15H16N4O. The van der Waals surface area contributed by atoms with Crippen molar-refractivity contribution in [3.8, 4) is 0 Å². The van der Waals surface area contributed by atoms with Gasteiger partial charge < -0.3 is 10.2 Å². The van der Waals surface area contributed by atoms with E-state index in [0.717, 1.165) is 18.5 Å². The van der Waals surface area contributed by atoms with Gasteiger partial charge in [0, 0.05) is 18.8 Å². The first-order valence-corrected chi connectivity index (χ1v) is 6.66. The molecule has 0 saturated heterocycles. The molecule has 5 heteroatoms. The zero-order valence-corrected chi connectivity index (χ0v) is 11.3. The molecule has 0 spiro atoms. The number of amides is 1. The highest BCUT2D eigenvalue weighted by atomic mass is 16.2. The highest BCUT2D eigenvalue weighted by Crippen LogP contribution is 2.21. The number of benzene rings is 1. The van der Waals surface area contributed by atoms with Crippen LogP contribution < -0.4 is 10.2 Å². The third-order valence-corrected chi connectivity index (χ3v) is 3.27. The van der Waals surface area contributed by atoms with Gasteiger partial charge in [0.2, 0.25) is 0 Å². The minimum atomic E-state index is -0.145. The number of aromatic nitrogens is 2. The Morgan fingerprint density at radius 1 is 1.20 bits per heavy atom. The van der Waals surface area contributed by atoms with E-state index in [9.17, 15) is 4.79 Å². The fraction of sp³-hybridized carbons (Fsp3) is 0.267. The minimum Gasteiger partial charge on any atom is -0.348 e. The summed E-state index contributed by atoms with van der Waals surface area (Å²) in [5.74, 6) is 0.563. The predicted molar refractivity (Wildman–Crippen MR) is 77.0 cm³/mol. The molecule has 1 aliphatic carbocycles. The maximum Gasteiger partial charge on any atom is 0.271 e. The molecule has 2 aromatic rings. The van der Waals surface area contributed by atoms with E-state index in [1.165, 1.54) is 6.20 Å². The van der Waals surface area contributed by atoms with E-state index in [0.29, 0.717) is 17.6 Å². The molecule has 0 radical (unpaired) electrons. The van der Waals surface area contributed by atoms with Gasteiger partial charge >= 0.3 is 0 Å². The molecule has 0 bridgehead atoms. The molecule has 1 N–H and O–H groups in total. The number of anilines is 2. The average molecular weight is 268 g/mol. The summed E-state index contributed by atoms with van der Waals surface area (Å²) in [5, 5.41) is 2.90. The lowest BCUT2D eigenvalue weighted by Gasteiger charge is -2.17. The Balaban J connectivity index is 1.73. The SMILES string of the molecule is CN(c1ccccc1)c1cnc(C(=O)NC2CC2)cn1. The van der Waals surface area contributed by atoms with Crippen LogP contribution in [0.2, 0.25) is 0 Å². The van der Waals surface area contributed by atoms with Gasteiger partial charge in [0.05, 0.1) is 12.4 Å². The van der Waals surface area contributed by atoms with Crippen LogP contribution in [0.1, 0.15) is 23.3 Å². The normalized spacial score (nSPS) is 13.8. The molecule has 0 aliphatic heterocycles. The van der Waals surface area contributed by atoms with Crippen LogP contribution in [-0.2, 0) is 0 Å². The molecule has 1 aromatic heterocycles. The standard InChI is InChI=1S/C15H16N4O/c1-19(12-5-3-2-4-6-12)14-10-16-13(9-17-14)15(20)18-11-7-8-11/h2-6,9-11H,7-8H2,1H3,(H,18,20). The van der Waals surface area contributed by atoms with Gasteiger partial charge in [-0.05, 0) is 25.0 Å². The van der Waals surface area contributed by atoms with Crippen LogP contribution >= 0.6 is 0 Å². The molecule has 1 amide bonds. The molecule has 102 valence electrons. The highest BCUT2D eigenvalue weighted by molar-refractivity contribution is 5.92. The van der Waals surface area contributed by atoms with Crippen molar-refractivity contribution in [2.45, 2.75) is 18.9 Å². The summed E-state index contributed by atoms with van der Waals surface area (Å²) in [6.07, 6.45) is 5.27. The first-order chi connectivity index (χ1) is 9.74. The Kier molecular flexibility index (Phi) is 3.33. The number of hydrogen-bond donors (Lipinski definition) is 1. The Hall–Kier alpha value is -2.43. The second-order valence-corrected chi connectivity index (χ2v) is 4.90. The summed E-state index contributed by atoms with van der Waals surface area (Å²) in [4.78, 5) is 22.2. The number of para-hydroxylation sites is 1. The van der Waals surface area contributed by atoms with Crippen molar-refractivity contribution in [3.05, 3.63) is 48.4 Å². The van der Waals surface area contributed by atoms with Crippen LogP contribution in [0.15, 0.2) is 42.7 Å². The maximum atomic E-state index is 11.8. The van der Waals surface area contributed by atoms with Gasteiger partial charge in [0.15, 0.2) is 5.82 Å². The third kappa shape index (κ3) is 2.77. The molecule has 1 aromatic carbocycles. The van der Waals surface area contributed by atoms with E-state index < -0.39 is 0 Å². The van der Waals surface area contributed by atoms with Gasteiger partial charge in [0.25, 0.3) is 5.91 Å². The molecule has 1 aliphatic rings. The molecule has 20 heavy (non-hydrogen) atoms. The molecule has 0 atom stereocenters. The van der Waals surface area contributed by atoms with E-state index in [4.69, 9.17) is 0 Å². The second-order valence-electron chi connectivity index (χ2n) is 4.90. The van der Waals surface area contributed by atoms with E-state index in [1.54, 1.807) is 6.20 Å². The summed E-state index contributed by atoms with van der Waals surface area (Å²) in [5.41, 5.74) is 1.39. The Morgan fingerprint density at radius 3 is 2.55 bits per heavy atom. The number of hydrogen-bond acceptors (Lipinski definition) is 4. The number of carbonyl (C=O) groups excluding carboxylic acids is 1. The predicted octanol–water partition coefficient (Wildman–Crippen LogP) is 2.14. The van der Waals surface area contributed by atoms with Crippen molar-refractivity contribution in [1.29, 1.82) is 0 Å². The van der Waals surface area contributed by atoms with Crippen LogP contribution in [-0.4, -0.2) is 29.0 Å². The van der Waals surface area contributed by atoms with Gasteiger partial charge in [-0.25, -0.2) is 9.97 Å². The van der Waals surface area contributed by atoms with Crippen LogP contribution in [0.25, 0.3) is 0 Å². The molecule has 1 saturated carbocycles. The lowest BCUT2D eigenvalue weighted by atomic mass is 10.3. The van der Waals surface area contributed by atoms with Gasteiger partial charge in [-0.2, -0.15) is 0 Å². The summed E-state index contributed by atoms with van der Waals surface area (Å²) >= 11 is 0. The first-order valence-electron chi connectivity index (χ1n) is 6.66. The zero-order chi connectivity index (χ0) is 13.9. The van der Waals surface area contributed by atoms with Crippen molar-refractivity contribution >= 4 is 17.4 Å². The fourth-order valence-electron chi connectivity index (χ4n) is 1.88. The molecule has 5 nitrogen and oxygen atoms in total. The average Bonchev–Trinajstić information content (AvgIpc) is 3.31. The minimum absolute atomic E-state index is 0.145. The van der Waals surface area contributed by atoms with Crippen LogP contribution in [0.4, 0.5) is 11.5 Å². The van der Waals surface area contributed by atoms with Crippen LogP contribution in [0.5, 0.6) is 0 Å². The number of rotatable bonds is 4. The van der Waals surface area contributed by atoms with Gasteiger partial charge in [-0.15, -0.1) is 0 Å². The lowest BCUT2D eigenvalue weighted by molar-refractivity contribution is 0.0945. The number of nitrogens with one attached hydrogen (secondary N) is 1. The van der Waals surface area contributed by atoms with E-state index in [2.05, 4.69) is 15.3 Å². The maximum absolute atomic E-state index is 11.8. The van der Waals surface area contributed by atoms with E-state index in [-0.39, 0.29) is 5.91 Å². The Labute approximate surface area is 117 Å². The molecule has 3 rings (SSSR count). The second kappa shape index (κ2) is 5.28. The summed E-state index contributed by atoms with van der Waals surface area (Å²) in [6.45, 7) is 0. The van der Waals surface area contributed by atoms with E-state index in [1.807, 2.05) is 42.3 Å². The summed E-state index contributed by atoms with van der Waals surface area (Å²) < 4.78 is 0. The van der Waals surface area contributed by atoms with Crippen molar-refractivity contribution < 1.29 is 4.79 Å². The smallest absolute Gasteiger partial charge is 0.271 e. The van der Waals surface area contributed by atoms with E-state index >= 15 is 0 Å². The number of nitrogens with zero attached hydrogens (tertiary/aromatic N) is 3. The lowest BCUT2D eigenvalue weighted by Crippen LogP contribution is -2.26. The van der Waals surface area contributed by atoms with Crippen molar-refractivity contribution in [2.75, 3.05) is 11.9 Å². The van der Waals surface area contributed by atoms with Crippen LogP contribution in [0.3, 0.4) is 0 Å². The van der Waals surface area contributed by atoms with Crippen LogP contribution in [0, 0.1) is 0 Å². The molecule has 1 fully saturated rings. The molecule has 1 heterocycles. The van der Waals surface area contributed by atoms with Gasteiger partial charge in [0.1, 0.15) is 5.69 Å². The zero-order valence-electron chi connectivity index (χ0n) is 11.3. The third-order valence-electron chi connectivity index (χ3n) is 3.27. The quantitative estimate of drug-likeness (QED) is 0.923. The Morgan fingerprint density at radius 2 is 1.95 bits per heavy atom. The summed E-state index contributed by atoms with van der Waals surface area (Å²) in [6, 6.07) is 10.2. The molecule has 0 unspecified atom stereocenters. The topological polar surface area (TPSA) is 58.1 Å². The fourth-order valence-corrected chi connectivity index (χ4v) is 1.88. The van der Waals surface area contributed by atoms with Crippen molar-refractivity contribution in [3.63, 3.8) is 0 Å². The number of carbonyl (C=O) groups is 1. The van der Waals surface area contributed by atoms with Gasteiger partial charge in [-0.1, -0.05) is 18.2 Å². The summed E-state index contributed by atoms with van der Waals surface area (Å²) in [7, 11) is 1.92. The monoisotopic (exact) mass is 268 g/mol. The largest absolute Gasteiger partial charge is 0.348 e. The van der Waals surface area contributed by atoms with Crippen molar-refractivity contribution in [2.24, 2.45) is 0 Å². The van der Waals surface area contributed by atoms with Gasteiger partial charge in [-0.3, -0.25) is 4.79 Å². The first kappa shape index (κ1) is 12.6.